The Hall–Kier alpha value is -2.47. The molecule has 0 spiro atoms. The van der Waals surface area contributed by atoms with E-state index >= 15 is 0 Å². The number of hydrogen-bond donors (Lipinski definition) is 0. The third-order valence-electron chi connectivity index (χ3n) is 3.73. The standard InChI is InChI=1S/C19H21N3O2S/c1-14-4-8-18(9-5-14)24-12-13-25-19-21-20-15(2)22(19)16-6-10-17(23-3)11-7-16/h4-11H,12-13H2,1-3H3. The maximum Gasteiger partial charge on any atom is 0.195 e. The summed E-state index contributed by atoms with van der Waals surface area (Å²) in [4.78, 5) is 0. The van der Waals surface area contributed by atoms with Crippen LogP contribution >= 0.6 is 11.8 Å². The second-order valence-electron chi connectivity index (χ2n) is 5.57. The van der Waals surface area contributed by atoms with Crippen LogP contribution in [-0.2, 0) is 0 Å². The van der Waals surface area contributed by atoms with Gasteiger partial charge in [0, 0.05) is 11.4 Å². The summed E-state index contributed by atoms with van der Waals surface area (Å²) in [5.41, 5.74) is 2.25. The van der Waals surface area contributed by atoms with Gasteiger partial charge in [-0.2, -0.15) is 0 Å². The molecule has 1 heterocycles. The highest BCUT2D eigenvalue weighted by molar-refractivity contribution is 7.99. The molecule has 0 atom stereocenters. The summed E-state index contributed by atoms with van der Waals surface area (Å²) in [6, 6.07) is 15.9. The Bertz CT molecular complexity index is 814. The molecule has 0 saturated heterocycles. The first kappa shape index (κ1) is 17.4. The van der Waals surface area contributed by atoms with Crippen molar-refractivity contribution in [3.8, 4) is 17.2 Å². The van der Waals surface area contributed by atoms with Crippen LogP contribution in [0.3, 0.4) is 0 Å². The van der Waals surface area contributed by atoms with E-state index in [4.69, 9.17) is 9.47 Å². The van der Waals surface area contributed by atoms with Crippen molar-refractivity contribution >= 4 is 11.8 Å². The van der Waals surface area contributed by atoms with Crippen molar-refractivity contribution in [2.24, 2.45) is 0 Å². The average Bonchev–Trinajstić information content (AvgIpc) is 3.01. The summed E-state index contributed by atoms with van der Waals surface area (Å²) >= 11 is 1.63. The molecular formula is C19H21N3O2S. The minimum Gasteiger partial charge on any atom is -0.497 e. The van der Waals surface area contributed by atoms with E-state index in [9.17, 15) is 0 Å². The highest BCUT2D eigenvalue weighted by Gasteiger charge is 2.11. The topological polar surface area (TPSA) is 49.2 Å². The number of ether oxygens (including phenoxy) is 2. The number of hydrogen-bond acceptors (Lipinski definition) is 5. The first-order valence-corrected chi connectivity index (χ1v) is 9.04. The number of nitrogens with zero attached hydrogens (tertiary/aromatic N) is 3. The van der Waals surface area contributed by atoms with Crippen molar-refractivity contribution in [2.75, 3.05) is 19.5 Å². The van der Waals surface area contributed by atoms with Crippen LogP contribution < -0.4 is 9.47 Å². The third-order valence-corrected chi connectivity index (χ3v) is 4.62. The van der Waals surface area contributed by atoms with Gasteiger partial charge in [0.25, 0.3) is 0 Å². The number of aromatic nitrogens is 3. The molecule has 3 rings (SSSR count). The molecule has 3 aromatic rings. The molecule has 130 valence electrons. The second-order valence-corrected chi connectivity index (χ2v) is 6.64. The van der Waals surface area contributed by atoms with E-state index in [0.29, 0.717) is 6.61 Å². The predicted molar refractivity (Wildman–Crippen MR) is 100 cm³/mol. The highest BCUT2D eigenvalue weighted by atomic mass is 32.2. The van der Waals surface area contributed by atoms with Crippen LogP contribution in [-0.4, -0.2) is 34.2 Å². The zero-order chi connectivity index (χ0) is 17.6. The lowest BCUT2D eigenvalue weighted by atomic mass is 10.2. The van der Waals surface area contributed by atoms with Crippen LogP contribution in [0.15, 0.2) is 53.7 Å². The molecule has 25 heavy (non-hydrogen) atoms. The summed E-state index contributed by atoms with van der Waals surface area (Å²) in [5.74, 6) is 3.36. The third kappa shape index (κ3) is 4.33. The van der Waals surface area contributed by atoms with Gasteiger partial charge in [-0.1, -0.05) is 29.5 Å². The maximum absolute atomic E-state index is 5.77. The lowest BCUT2D eigenvalue weighted by Gasteiger charge is -2.10. The molecule has 5 nitrogen and oxygen atoms in total. The molecule has 0 N–H and O–H groups in total. The molecule has 0 aliphatic rings. The Kier molecular flexibility index (Phi) is 5.60. The normalized spacial score (nSPS) is 10.7. The van der Waals surface area contributed by atoms with Gasteiger partial charge in [0.15, 0.2) is 5.16 Å². The number of methoxy groups -OCH3 is 1. The highest BCUT2D eigenvalue weighted by Crippen LogP contribution is 2.23. The molecule has 0 aliphatic carbocycles. The minimum atomic E-state index is 0.613. The molecule has 2 aromatic carbocycles. The maximum atomic E-state index is 5.77. The molecule has 1 aromatic heterocycles. The van der Waals surface area contributed by atoms with Gasteiger partial charge < -0.3 is 9.47 Å². The molecule has 0 saturated carbocycles. The fraction of sp³-hybridized carbons (Fsp3) is 0.263. The first-order valence-electron chi connectivity index (χ1n) is 8.06. The molecule has 0 bridgehead atoms. The Labute approximate surface area is 152 Å². The van der Waals surface area contributed by atoms with Gasteiger partial charge in [0.1, 0.15) is 17.3 Å². The number of thioether (sulfide) groups is 1. The zero-order valence-corrected chi connectivity index (χ0v) is 15.4. The van der Waals surface area contributed by atoms with Gasteiger partial charge in [0.2, 0.25) is 0 Å². The predicted octanol–water partition coefficient (Wildman–Crippen LogP) is 4.06. The van der Waals surface area contributed by atoms with E-state index in [2.05, 4.69) is 17.1 Å². The van der Waals surface area contributed by atoms with Crippen LogP contribution in [0, 0.1) is 13.8 Å². The molecule has 0 fully saturated rings. The number of benzene rings is 2. The Morgan fingerprint density at radius 1 is 0.920 bits per heavy atom. The largest absolute Gasteiger partial charge is 0.497 e. The van der Waals surface area contributed by atoms with Gasteiger partial charge in [0.05, 0.1) is 13.7 Å². The van der Waals surface area contributed by atoms with E-state index < -0.39 is 0 Å². The van der Waals surface area contributed by atoms with Gasteiger partial charge >= 0.3 is 0 Å². The zero-order valence-electron chi connectivity index (χ0n) is 14.6. The molecule has 0 amide bonds. The monoisotopic (exact) mass is 355 g/mol. The molecule has 6 heteroatoms. The summed E-state index contributed by atoms with van der Waals surface area (Å²) in [6.45, 7) is 4.63. The van der Waals surface area contributed by atoms with Crippen LogP contribution in [0.5, 0.6) is 11.5 Å². The summed E-state index contributed by atoms with van der Waals surface area (Å²) < 4.78 is 13.0. The molecule has 0 unspecified atom stereocenters. The van der Waals surface area contributed by atoms with E-state index in [1.165, 1.54) is 5.56 Å². The number of aryl methyl sites for hydroxylation is 2. The second kappa shape index (κ2) is 8.07. The van der Waals surface area contributed by atoms with E-state index in [1.807, 2.05) is 60.0 Å². The first-order chi connectivity index (χ1) is 12.2. The van der Waals surface area contributed by atoms with Crippen molar-refractivity contribution in [1.82, 2.24) is 14.8 Å². The number of rotatable bonds is 7. The Balaban J connectivity index is 1.62. The minimum absolute atomic E-state index is 0.613. The van der Waals surface area contributed by atoms with Gasteiger partial charge in [-0.25, -0.2) is 0 Å². The van der Waals surface area contributed by atoms with E-state index in [-0.39, 0.29) is 0 Å². The quantitative estimate of drug-likeness (QED) is 0.472. The van der Waals surface area contributed by atoms with Gasteiger partial charge in [-0.15, -0.1) is 10.2 Å². The van der Waals surface area contributed by atoms with Crippen molar-refractivity contribution in [1.29, 1.82) is 0 Å². The smallest absolute Gasteiger partial charge is 0.195 e. The van der Waals surface area contributed by atoms with Crippen LogP contribution in [0.1, 0.15) is 11.4 Å². The van der Waals surface area contributed by atoms with Crippen molar-refractivity contribution in [2.45, 2.75) is 19.0 Å². The van der Waals surface area contributed by atoms with Crippen LogP contribution in [0.2, 0.25) is 0 Å². The van der Waals surface area contributed by atoms with Crippen LogP contribution in [0.4, 0.5) is 0 Å². The van der Waals surface area contributed by atoms with Crippen LogP contribution in [0.25, 0.3) is 5.69 Å². The van der Waals surface area contributed by atoms with Crippen molar-refractivity contribution in [3.63, 3.8) is 0 Å². The lowest BCUT2D eigenvalue weighted by molar-refractivity contribution is 0.344. The fourth-order valence-electron chi connectivity index (χ4n) is 2.39. The van der Waals surface area contributed by atoms with E-state index in [1.54, 1.807) is 18.9 Å². The van der Waals surface area contributed by atoms with Gasteiger partial charge in [-0.3, -0.25) is 4.57 Å². The average molecular weight is 355 g/mol. The Morgan fingerprint density at radius 2 is 1.60 bits per heavy atom. The molecule has 0 radical (unpaired) electrons. The fourth-order valence-corrected chi connectivity index (χ4v) is 3.21. The van der Waals surface area contributed by atoms with E-state index in [0.717, 1.165) is 33.9 Å². The molecule has 0 aliphatic heterocycles. The molecular weight excluding hydrogens is 334 g/mol. The summed E-state index contributed by atoms with van der Waals surface area (Å²) in [5, 5.41) is 9.34. The summed E-state index contributed by atoms with van der Waals surface area (Å²) in [7, 11) is 1.66. The van der Waals surface area contributed by atoms with Crippen molar-refractivity contribution in [3.05, 3.63) is 59.9 Å². The lowest BCUT2D eigenvalue weighted by Crippen LogP contribution is -2.03. The van der Waals surface area contributed by atoms with Gasteiger partial charge in [-0.05, 0) is 50.2 Å². The summed E-state index contributed by atoms with van der Waals surface area (Å²) in [6.07, 6.45) is 0. The SMILES string of the molecule is COc1ccc(-n2c(C)nnc2SCCOc2ccc(C)cc2)cc1. The Morgan fingerprint density at radius 3 is 2.28 bits per heavy atom. The van der Waals surface area contributed by atoms with Crippen molar-refractivity contribution < 1.29 is 9.47 Å².